The number of benzene rings is 3. The first-order chi connectivity index (χ1) is 19.8. The monoisotopic (exact) mass is 550 g/mol. The summed E-state index contributed by atoms with van der Waals surface area (Å²) in [5.41, 5.74) is 3.88. The number of hydrogen-bond acceptors (Lipinski definition) is 4. The van der Waals surface area contributed by atoms with Crippen LogP contribution in [0.3, 0.4) is 0 Å². The minimum atomic E-state index is -0.188. The first-order valence-electron chi connectivity index (χ1n) is 14.5. The molecule has 0 aliphatic heterocycles. The van der Waals surface area contributed by atoms with Crippen LogP contribution in [0.1, 0.15) is 54.9 Å². The Morgan fingerprint density at radius 2 is 1.63 bits per heavy atom. The SMILES string of the molecule is Cc1ccc2occ(CN(Cc3ccccc3)C(=O)CN(CCC(C)C)C(=O)C3CC3c3ccccc3)c(=O)c2c1. The van der Waals surface area contributed by atoms with Crippen LogP contribution in [0.4, 0.5) is 0 Å². The zero-order valence-corrected chi connectivity index (χ0v) is 24.1. The van der Waals surface area contributed by atoms with Gasteiger partial charge in [-0.25, -0.2) is 0 Å². The van der Waals surface area contributed by atoms with Crippen molar-refractivity contribution in [2.45, 2.75) is 52.6 Å². The fourth-order valence-electron chi connectivity index (χ4n) is 5.35. The second-order valence-corrected chi connectivity index (χ2v) is 11.6. The van der Waals surface area contributed by atoms with Crippen LogP contribution in [0.2, 0.25) is 0 Å². The van der Waals surface area contributed by atoms with Crippen molar-refractivity contribution < 1.29 is 14.0 Å². The van der Waals surface area contributed by atoms with Crippen molar-refractivity contribution in [1.29, 1.82) is 0 Å². The molecule has 6 nitrogen and oxygen atoms in total. The molecule has 2 atom stereocenters. The van der Waals surface area contributed by atoms with Crippen molar-refractivity contribution in [3.05, 3.63) is 118 Å². The van der Waals surface area contributed by atoms with Gasteiger partial charge in [0, 0.05) is 19.0 Å². The van der Waals surface area contributed by atoms with Gasteiger partial charge in [0.25, 0.3) is 0 Å². The number of nitrogens with zero attached hydrogens (tertiary/aromatic N) is 2. The number of carbonyl (C=O) groups excluding carboxylic acids is 2. The second kappa shape index (κ2) is 12.5. The number of amides is 2. The summed E-state index contributed by atoms with van der Waals surface area (Å²) in [5.74, 6) is 0.345. The van der Waals surface area contributed by atoms with Crippen molar-refractivity contribution in [3.63, 3.8) is 0 Å². The minimum Gasteiger partial charge on any atom is -0.464 e. The third-order valence-corrected chi connectivity index (χ3v) is 7.88. The van der Waals surface area contributed by atoms with Crippen LogP contribution >= 0.6 is 0 Å². The highest BCUT2D eigenvalue weighted by molar-refractivity contribution is 5.88. The first kappa shape index (κ1) is 28.3. The molecule has 212 valence electrons. The van der Waals surface area contributed by atoms with Crippen molar-refractivity contribution in [3.8, 4) is 0 Å². The van der Waals surface area contributed by atoms with E-state index in [0.717, 1.165) is 24.0 Å². The van der Waals surface area contributed by atoms with Crippen molar-refractivity contribution >= 4 is 22.8 Å². The highest BCUT2D eigenvalue weighted by Gasteiger charge is 2.46. The van der Waals surface area contributed by atoms with E-state index in [0.29, 0.717) is 35.5 Å². The summed E-state index contributed by atoms with van der Waals surface area (Å²) < 4.78 is 5.78. The molecule has 1 heterocycles. The first-order valence-corrected chi connectivity index (χ1v) is 14.5. The third-order valence-electron chi connectivity index (χ3n) is 7.88. The van der Waals surface area contributed by atoms with Crippen molar-refractivity contribution in [2.75, 3.05) is 13.1 Å². The van der Waals surface area contributed by atoms with E-state index in [1.54, 1.807) is 15.9 Å². The van der Waals surface area contributed by atoms with Crippen molar-refractivity contribution in [1.82, 2.24) is 9.80 Å². The Morgan fingerprint density at radius 3 is 2.34 bits per heavy atom. The van der Waals surface area contributed by atoms with Gasteiger partial charge in [-0.15, -0.1) is 0 Å². The Hall–Kier alpha value is -4.19. The summed E-state index contributed by atoms with van der Waals surface area (Å²) in [6.07, 6.45) is 3.08. The standard InChI is InChI=1S/C35H38N2O4/c1-24(2)16-17-36(35(40)30-19-29(30)27-12-8-5-9-13-27)22-33(38)37(20-26-10-6-4-7-11-26)21-28-23-41-32-15-14-25(3)18-31(32)34(28)39/h4-15,18,23-24,29-30H,16-17,19-22H2,1-3H3. The predicted octanol–water partition coefficient (Wildman–Crippen LogP) is 6.31. The van der Waals surface area contributed by atoms with Crippen LogP contribution in [-0.2, 0) is 22.7 Å². The summed E-state index contributed by atoms with van der Waals surface area (Å²) in [5, 5.41) is 0.504. The normalized spacial score (nSPS) is 16.1. The Bertz CT molecular complexity index is 1560. The van der Waals surface area contributed by atoms with E-state index in [1.807, 2.05) is 67.6 Å². The van der Waals surface area contributed by atoms with E-state index in [-0.39, 0.29) is 42.2 Å². The van der Waals surface area contributed by atoms with Crippen LogP contribution in [0.15, 0.2) is 94.3 Å². The lowest BCUT2D eigenvalue weighted by Crippen LogP contribution is -2.44. The maximum Gasteiger partial charge on any atom is 0.242 e. The summed E-state index contributed by atoms with van der Waals surface area (Å²) in [6, 6.07) is 25.4. The summed E-state index contributed by atoms with van der Waals surface area (Å²) in [6.45, 7) is 7.11. The van der Waals surface area contributed by atoms with Crippen LogP contribution in [-0.4, -0.2) is 34.7 Å². The molecule has 0 N–H and O–H groups in total. The summed E-state index contributed by atoms with van der Waals surface area (Å²) in [4.78, 5) is 44.4. The van der Waals surface area contributed by atoms with E-state index in [9.17, 15) is 14.4 Å². The predicted molar refractivity (Wildman–Crippen MR) is 161 cm³/mol. The van der Waals surface area contributed by atoms with Gasteiger partial charge in [0.15, 0.2) is 5.43 Å². The van der Waals surface area contributed by atoms with E-state index in [2.05, 4.69) is 26.0 Å². The fraction of sp³-hybridized carbons (Fsp3) is 0.343. The zero-order valence-electron chi connectivity index (χ0n) is 24.1. The largest absolute Gasteiger partial charge is 0.464 e. The Kier molecular flexibility index (Phi) is 8.67. The second-order valence-electron chi connectivity index (χ2n) is 11.6. The lowest BCUT2D eigenvalue weighted by molar-refractivity contribution is -0.142. The molecule has 1 aliphatic carbocycles. The van der Waals surface area contributed by atoms with Gasteiger partial charge in [-0.1, -0.05) is 86.1 Å². The van der Waals surface area contributed by atoms with Crippen LogP contribution in [0.25, 0.3) is 11.0 Å². The highest BCUT2D eigenvalue weighted by atomic mass is 16.3. The van der Waals surface area contributed by atoms with Gasteiger partial charge in [-0.3, -0.25) is 14.4 Å². The molecule has 2 unspecified atom stereocenters. The Labute approximate surface area is 241 Å². The molecule has 1 aliphatic rings. The summed E-state index contributed by atoms with van der Waals surface area (Å²) in [7, 11) is 0. The lowest BCUT2D eigenvalue weighted by atomic mass is 10.1. The quantitative estimate of drug-likeness (QED) is 0.219. The smallest absolute Gasteiger partial charge is 0.242 e. The van der Waals surface area contributed by atoms with E-state index >= 15 is 0 Å². The van der Waals surface area contributed by atoms with Gasteiger partial charge in [0.05, 0.1) is 30.3 Å². The molecule has 1 aromatic heterocycles. The topological polar surface area (TPSA) is 70.8 Å². The molecule has 1 fully saturated rings. The molecule has 2 amide bonds. The van der Waals surface area contributed by atoms with E-state index in [4.69, 9.17) is 4.42 Å². The van der Waals surface area contributed by atoms with E-state index < -0.39 is 0 Å². The molecule has 0 radical (unpaired) electrons. The maximum atomic E-state index is 13.9. The van der Waals surface area contributed by atoms with Gasteiger partial charge in [0.2, 0.25) is 11.8 Å². The molecule has 0 bridgehead atoms. The molecule has 6 heteroatoms. The molecule has 0 saturated heterocycles. The van der Waals surface area contributed by atoms with Gasteiger partial charge in [-0.05, 0) is 54.9 Å². The van der Waals surface area contributed by atoms with Gasteiger partial charge >= 0.3 is 0 Å². The van der Waals surface area contributed by atoms with Crippen LogP contribution in [0, 0.1) is 18.8 Å². The number of fused-ring (bicyclic) bond motifs is 1. The lowest BCUT2D eigenvalue weighted by Gasteiger charge is -2.28. The molecular weight excluding hydrogens is 512 g/mol. The number of hydrogen-bond donors (Lipinski definition) is 0. The molecule has 41 heavy (non-hydrogen) atoms. The number of carbonyl (C=O) groups is 2. The Morgan fingerprint density at radius 1 is 0.927 bits per heavy atom. The number of rotatable bonds is 11. The Balaban J connectivity index is 1.39. The highest BCUT2D eigenvalue weighted by Crippen LogP contribution is 2.48. The molecule has 3 aromatic carbocycles. The molecule has 5 rings (SSSR count). The van der Waals surface area contributed by atoms with Crippen molar-refractivity contribution in [2.24, 2.45) is 11.8 Å². The van der Waals surface area contributed by atoms with Crippen LogP contribution in [0.5, 0.6) is 0 Å². The average molecular weight is 551 g/mol. The van der Waals surface area contributed by atoms with Gasteiger partial charge < -0.3 is 14.2 Å². The third kappa shape index (κ3) is 6.94. The molecular formula is C35H38N2O4. The van der Waals surface area contributed by atoms with E-state index in [1.165, 1.54) is 11.8 Å². The van der Waals surface area contributed by atoms with Gasteiger partial charge in [-0.2, -0.15) is 0 Å². The molecule has 4 aromatic rings. The zero-order chi connectivity index (χ0) is 28.9. The summed E-state index contributed by atoms with van der Waals surface area (Å²) >= 11 is 0. The minimum absolute atomic E-state index is 0.0194. The number of aryl methyl sites for hydroxylation is 1. The van der Waals surface area contributed by atoms with Crippen LogP contribution < -0.4 is 5.43 Å². The molecule has 1 saturated carbocycles. The maximum absolute atomic E-state index is 13.9. The fourth-order valence-corrected chi connectivity index (χ4v) is 5.35. The molecule has 0 spiro atoms. The average Bonchev–Trinajstić information content (AvgIpc) is 3.78. The van der Waals surface area contributed by atoms with Gasteiger partial charge in [0.1, 0.15) is 5.58 Å².